The summed E-state index contributed by atoms with van der Waals surface area (Å²) in [6, 6.07) is 20.8. The summed E-state index contributed by atoms with van der Waals surface area (Å²) in [5.41, 5.74) is 3.38. The molecule has 0 radical (unpaired) electrons. The van der Waals surface area contributed by atoms with Crippen LogP contribution in [0.2, 0.25) is 5.02 Å². The number of nitrogens with zero attached hydrogens (tertiary/aromatic N) is 2. The summed E-state index contributed by atoms with van der Waals surface area (Å²) in [6.45, 7) is 0.450. The molecule has 0 N–H and O–H groups in total. The molecule has 0 saturated heterocycles. The second-order valence-electron chi connectivity index (χ2n) is 6.91. The fourth-order valence-corrected chi connectivity index (χ4v) is 3.62. The maximum absolute atomic E-state index is 13.1. The van der Waals surface area contributed by atoms with Crippen LogP contribution in [-0.2, 0) is 6.54 Å². The third-order valence-electron chi connectivity index (χ3n) is 5.00. The van der Waals surface area contributed by atoms with Gasteiger partial charge in [0.2, 0.25) is 5.78 Å². The Labute approximate surface area is 185 Å². The lowest BCUT2D eigenvalue weighted by atomic mass is 10.1. The van der Waals surface area contributed by atoms with Crippen molar-refractivity contribution in [2.24, 2.45) is 0 Å². The number of benzene rings is 3. The topological polar surface area (TPSA) is 53.3 Å². The van der Waals surface area contributed by atoms with Crippen molar-refractivity contribution in [3.63, 3.8) is 0 Å². The Morgan fingerprint density at radius 2 is 1.74 bits per heavy atom. The standard InChI is InChI=1S/C25H21ClN2O3/c1-30-23-14-12-17(15-24(23)31-2)11-13-22(29)25-27-20-9-5-6-10-21(20)28(25)16-18-7-3-4-8-19(18)26/h3-15H,16H2,1-2H3/b13-11-. The number of imidazole rings is 1. The van der Waals surface area contributed by atoms with Gasteiger partial charge in [0, 0.05) is 5.02 Å². The van der Waals surface area contributed by atoms with E-state index in [1.54, 1.807) is 26.4 Å². The van der Waals surface area contributed by atoms with E-state index in [1.807, 2.05) is 65.2 Å². The third kappa shape index (κ3) is 4.32. The Kier molecular flexibility index (Phi) is 6.05. The van der Waals surface area contributed by atoms with E-state index in [4.69, 9.17) is 21.1 Å². The molecule has 0 spiro atoms. The molecule has 0 fully saturated rings. The molecule has 0 bridgehead atoms. The largest absolute Gasteiger partial charge is 0.493 e. The van der Waals surface area contributed by atoms with Crippen LogP contribution in [0.4, 0.5) is 0 Å². The van der Waals surface area contributed by atoms with Crippen LogP contribution in [0.25, 0.3) is 17.1 Å². The number of rotatable bonds is 7. The van der Waals surface area contributed by atoms with Crippen LogP contribution in [0, 0.1) is 0 Å². The molecule has 5 nitrogen and oxygen atoms in total. The molecule has 0 aliphatic carbocycles. The summed E-state index contributed by atoms with van der Waals surface area (Å²) in [4.78, 5) is 17.7. The highest BCUT2D eigenvalue weighted by Gasteiger charge is 2.16. The first-order valence-electron chi connectivity index (χ1n) is 9.74. The van der Waals surface area contributed by atoms with Crippen molar-refractivity contribution in [2.45, 2.75) is 6.54 Å². The van der Waals surface area contributed by atoms with E-state index in [2.05, 4.69) is 4.98 Å². The van der Waals surface area contributed by atoms with Crippen molar-refractivity contribution in [1.29, 1.82) is 0 Å². The number of hydrogen-bond donors (Lipinski definition) is 0. The molecule has 0 atom stereocenters. The van der Waals surface area contributed by atoms with Crippen molar-refractivity contribution in [2.75, 3.05) is 14.2 Å². The molecule has 6 heteroatoms. The second kappa shape index (κ2) is 9.06. The summed E-state index contributed by atoms with van der Waals surface area (Å²) in [6.07, 6.45) is 3.26. The highest BCUT2D eigenvalue weighted by molar-refractivity contribution is 6.31. The fourth-order valence-electron chi connectivity index (χ4n) is 3.42. The first-order chi connectivity index (χ1) is 15.1. The zero-order valence-corrected chi connectivity index (χ0v) is 18.0. The number of allylic oxidation sites excluding steroid dienone is 1. The van der Waals surface area contributed by atoms with Gasteiger partial charge in [0.15, 0.2) is 17.3 Å². The lowest BCUT2D eigenvalue weighted by molar-refractivity contribution is 0.103. The SMILES string of the molecule is COc1ccc(/C=C\C(=O)c2nc3ccccc3n2Cc2ccccc2Cl)cc1OC. The van der Waals surface area contributed by atoms with Crippen LogP contribution >= 0.6 is 11.6 Å². The molecule has 0 unspecified atom stereocenters. The molecule has 1 aromatic heterocycles. The predicted octanol–water partition coefficient (Wildman–Crippen LogP) is 5.65. The number of hydrogen-bond acceptors (Lipinski definition) is 4. The summed E-state index contributed by atoms with van der Waals surface area (Å²) in [7, 11) is 3.16. The molecule has 1 heterocycles. The van der Waals surface area contributed by atoms with Gasteiger partial charge in [-0.1, -0.05) is 54.1 Å². The van der Waals surface area contributed by atoms with Crippen LogP contribution in [0.5, 0.6) is 11.5 Å². The number of ketones is 1. The van der Waals surface area contributed by atoms with Crippen molar-refractivity contribution in [3.05, 3.63) is 94.8 Å². The van der Waals surface area contributed by atoms with E-state index in [-0.39, 0.29) is 5.78 Å². The van der Waals surface area contributed by atoms with Crippen LogP contribution in [-0.4, -0.2) is 29.6 Å². The average molecular weight is 433 g/mol. The van der Waals surface area contributed by atoms with Gasteiger partial charge in [-0.2, -0.15) is 0 Å². The fraction of sp³-hybridized carbons (Fsp3) is 0.120. The Hall–Kier alpha value is -3.57. The molecular weight excluding hydrogens is 412 g/mol. The highest BCUT2D eigenvalue weighted by Crippen LogP contribution is 2.28. The van der Waals surface area contributed by atoms with Crippen LogP contribution in [0.3, 0.4) is 0 Å². The van der Waals surface area contributed by atoms with Gasteiger partial charge in [-0.15, -0.1) is 0 Å². The quantitative estimate of drug-likeness (QED) is 0.279. The molecule has 4 rings (SSSR count). The number of aromatic nitrogens is 2. The maximum atomic E-state index is 13.1. The summed E-state index contributed by atoms with van der Waals surface area (Å²) in [5, 5.41) is 0.652. The van der Waals surface area contributed by atoms with Gasteiger partial charge in [0.25, 0.3) is 0 Å². The minimum atomic E-state index is -0.196. The van der Waals surface area contributed by atoms with Gasteiger partial charge in [0.05, 0.1) is 31.8 Å². The monoisotopic (exact) mass is 432 g/mol. The number of carbonyl (C=O) groups is 1. The van der Waals surface area contributed by atoms with Crippen molar-refractivity contribution < 1.29 is 14.3 Å². The van der Waals surface area contributed by atoms with Crippen LogP contribution < -0.4 is 9.47 Å². The Balaban J connectivity index is 1.70. The van der Waals surface area contributed by atoms with E-state index >= 15 is 0 Å². The van der Waals surface area contributed by atoms with Gasteiger partial charge < -0.3 is 14.0 Å². The Morgan fingerprint density at radius 3 is 2.52 bits per heavy atom. The minimum Gasteiger partial charge on any atom is -0.493 e. The molecule has 0 aliphatic heterocycles. The Morgan fingerprint density at radius 1 is 1.00 bits per heavy atom. The van der Waals surface area contributed by atoms with Gasteiger partial charge in [0.1, 0.15) is 0 Å². The number of methoxy groups -OCH3 is 2. The van der Waals surface area contributed by atoms with E-state index < -0.39 is 0 Å². The molecule has 0 aliphatic rings. The number of ether oxygens (including phenoxy) is 2. The van der Waals surface area contributed by atoms with E-state index in [1.165, 1.54) is 6.08 Å². The zero-order chi connectivity index (χ0) is 21.8. The van der Waals surface area contributed by atoms with Gasteiger partial charge in [-0.25, -0.2) is 4.98 Å². The van der Waals surface area contributed by atoms with Gasteiger partial charge >= 0.3 is 0 Å². The lowest BCUT2D eigenvalue weighted by Crippen LogP contribution is -2.10. The minimum absolute atomic E-state index is 0.196. The molecule has 31 heavy (non-hydrogen) atoms. The maximum Gasteiger partial charge on any atom is 0.221 e. The van der Waals surface area contributed by atoms with Gasteiger partial charge in [-0.3, -0.25) is 4.79 Å². The normalized spacial score (nSPS) is 11.2. The molecule has 0 amide bonds. The number of carbonyl (C=O) groups excluding carboxylic acids is 1. The van der Waals surface area contributed by atoms with Crippen molar-refractivity contribution in [1.82, 2.24) is 9.55 Å². The Bertz CT molecular complexity index is 1280. The van der Waals surface area contributed by atoms with E-state index in [0.29, 0.717) is 28.9 Å². The van der Waals surface area contributed by atoms with Crippen LogP contribution in [0.1, 0.15) is 21.7 Å². The van der Waals surface area contributed by atoms with Crippen molar-refractivity contribution >= 4 is 34.5 Å². The number of halogens is 1. The first kappa shape index (κ1) is 20.7. The van der Waals surface area contributed by atoms with Crippen molar-refractivity contribution in [3.8, 4) is 11.5 Å². The molecule has 0 saturated carbocycles. The predicted molar refractivity (Wildman–Crippen MR) is 123 cm³/mol. The molecule has 3 aromatic carbocycles. The van der Waals surface area contributed by atoms with Gasteiger partial charge in [-0.05, 0) is 47.5 Å². The van der Waals surface area contributed by atoms with E-state index in [9.17, 15) is 4.79 Å². The molecule has 156 valence electrons. The summed E-state index contributed by atoms with van der Waals surface area (Å²) >= 11 is 6.36. The number of fused-ring (bicyclic) bond motifs is 1. The van der Waals surface area contributed by atoms with Crippen LogP contribution in [0.15, 0.2) is 72.8 Å². The summed E-state index contributed by atoms with van der Waals surface area (Å²) < 4.78 is 12.5. The highest BCUT2D eigenvalue weighted by atomic mass is 35.5. The van der Waals surface area contributed by atoms with E-state index in [0.717, 1.165) is 22.2 Å². The smallest absolute Gasteiger partial charge is 0.221 e. The third-order valence-corrected chi connectivity index (χ3v) is 5.36. The first-order valence-corrected chi connectivity index (χ1v) is 10.1. The average Bonchev–Trinajstić information content (AvgIpc) is 3.17. The summed E-state index contributed by atoms with van der Waals surface area (Å²) in [5.74, 6) is 1.39. The molecular formula is C25H21ClN2O3. The number of para-hydroxylation sites is 2. The lowest BCUT2D eigenvalue weighted by Gasteiger charge is -2.09. The molecule has 4 aromatic rings. The zero-order valence-electron chi connectivity index (χ0n) is 17.2. The second-order valence-corrected chi connectivity index (χ2v) is 7.32.